The molecule has 1 atom stereocenters. The number of hydrogen-bond acceptors (Lipinski definition) is 2. The molecular formula is C13H17ClN2O. The zero-order chi connectivity index (χ0) is 12.6. The van der Waals surface area contributed by atoms with Crippen molar-refractivity contribution >= 4 is 17.2 Å². The average Bonchev–Trinajstić information content (AvgIpc) is 2.69. The molecule has 2 heterocycles. The smallest absolute Gasteiger partial charge is 0.156 e. The molecular weight excluding hydrogens is 236 g/mol. The molecule has 0 saturated heterocycles. The highest BCUT2D eigenvalue weighted by Crippen LogP contribution is 2.29. The summed E-state index contributed by atoms with van der Waals surface area (Å²) in [5.74, 6) is 0.266. The van der Waals surface area contributed by atoms with Gasteiger partial charge in [-0.1, -0.05) is 32.4 Å². The monoisotopic (exact) mass is 252 g/mol. The second kappa shape index (κ2) is 4.67. The highest BCUT2D eigenvalue weighted by atomic mass is 35.5. The Morgan fingerprint density at radius 3 is 2.76 bits per heavy atom. The third-order valence-corrected chi connectivity index (χ3v) is 3.21. The molecule has 0 saturated carbocycles. The third-order valence-electron chi connectivity index (χ3n) is 2.92. The van der Waals surface area contributed by atoms with Gasteiger partial charge in [-0.3, -0.25) is 4.40 Å². The van der Waals surface area contributed by atoms with Crippen LogP contribution >= 0.6 is 11.6 Å². The van der Waals surface area contributed by atoms with Crippen LogP contribution in [0, 0.1) is 0 Å². The molecule has 0 aliphatic carbocycles. The van der Waals surface area contributed by atoms with E-state index in [1.165, 1.54) is 0 Å². The largest absolute Gasteiger partial charge is 0.387 e. The van der Waals surface area contributed by atoms with Crippen LogP contribution in [0.15, 0.2) is 18.3 Å². The van der Waals surface area contributed by atoms with E-state index in [1.807, 2.05) is 29.7 Å². The molecule has 0 amide bonds. The summed E-state index contributed by atoms with van der Waals surface area (Å²) in [5, 5.41) is 10.7. The minimum atomic E-state index is -0.499. The highest BCUT2D eigenvalue weighted by Gasteiger charge is 2.21. The molecule has 0 spiro atoms. The number of aliphatic hydroxyl groups is 1. The third kappa shape index (κ3) is 2.05. The number of halogens is 1. The quantitative estimate of drug-likeness (QED) is 0.907. The van der Waals surface area contributed by atoms with E-state index in [4.69, 9.17) is 11.6 Å². The maximum atomic E-state index is 10.1. The van der Waals surface area contributed by atoms with Gasteiger partial charge in [0.05, 0.1) is 22.5 Å². The van der Waals surface area contributed by atoms with Gasteiger partial charge in [0.15, 0.2) is 5.65 Å². The first kappa shape index (κ1) is 12.4. The number of imidazole rings is 1. The van der Waals surface area contributed by atoms with Crippen molar-refractivity contribution in [1.82, 2.24) is 9.38 Å². The molecule has 3 nitrogen and oxygen atoms in total. The number of fused-ring (bicyclic) bond motifs is 1. The zero-order valence-corrected chi connectivity index (χ0v) is 11.1. The Morgan fingerprint density at radius 2 is 2.18 bits per heavy atom. The van der Waals surface area contributed by atoms with Gasteiger partial charge in [0.2, 0.25) is 0 Å². The highest BCUT2D eigenvalue weighted by molar-refractivity contribution is 6.33. The van der Waals surface area contributed by atoms with E-state index in [2.05, 4.69) is 18.8 Å². The number of pyridine rings is 1. The summed E-state index contributed by atoms with van der Waals surface area (Å²) in [4.78, 5) is 4.55. The van der Waals surface area contributed by atoms with E-state index in [-0.39, 0.29) is 5.92 Å². The van der Waals surface area contributed by atoms with Crippen LogP contribution in [0.2, 0.25) is 5.02 Å². The topological polar surface area (TPSA) is 37.5 Å². The number of aliphatic hydroxyl groups excluding tert-OH is 1. The molecule has 0 bridgehead atoms. The summed E-state index contributed by atoms with van der Waals surface area (Å²) in [5.41, 5.74) is 2.51. The van der Waals surface area contributed by atoms with Crippen molar-refractivity contribution in [3.05, 3.63) is 34.7 Å². The standard InChI is InChI=1S/C13H17ClN2O/c1-4-10(17)12-11(8(2)3)15-13-9(14)6-5-7-16(12)13/h5-8,10,17H,4H2,1-3H3. The number of rotatable bonds is 3. The Bertz CT molecular complexity index is 533. The van der Waals surface area contributed by atoms with E-state index in [9.17, 15) is 5.11 Å². The summed E-state index contributed by atoms with van der Waals surface area (Å²) in [6.45, 7) is 6.10. The van der Waals surface area contributed by atoms with Crippen molar-refractivity contribution in [2.45, 2.75) is 39.2 Å². The van der Waals surface area contributed by atoms with Gasteiger partial charge in [0, 0.05) is 6.20 Å². The predicted molar refractivity (Wildman–Crippen MR) is 69.5 cm³/mol. The van der Waals surface area contributed by atoms with Crippen molar-refractivity contribution in [1.29, 1.82) is 0 Å². The summed E-state index contributed by atoms with van der Waals surface area (Å²) < 4.78 is 1.89. The maximum absolute atomic E-state index is 10.1. The van der Waals surface area contributed by atoms with E-state index < -0.39 is 6.10 Å². The molecule has 2 aromatic heterocycles. The molecule has 0 aromatic carbocycles. The maximum Gasteiger partial charge on any atom is 0.156 e. The second-order valence-corrected chi connectivity index (χ2v) is 4.92. The van der Waals surface area contributed by atoms with E-state index >= 15 is 0 Å². The second-order valence-electron chi connectivity index (χ2n) is 4.51. The normalized spacial score (nSPS) is 13.5. The molecule has 0 aliphatic heterocycles. The van der Waals surface area contributed by atoms with Gasteiger partial charge in [0.1, 0.15) is 0 Å². The van der Waals surface area contributed by atoms with Gasteiger partial charge in [0.25, 0.3) is 0 Å². The lowest BCUT2D eigenvalue weighted by atomic mass is 10.0. The van der Waals surface area contributed by atoms with Crippen LogP contribution in [0.3, 0.4) is 0 Å². The van der Waals surface area contributed by atoms with E-state index in [1.54, 1.807) is 0 Å². The minimum absolute atomic E-state index is 0.266. The van der Waals surface area contributed by atoms with Crippen molar-refractivity contribution in [3.8, 4) is 0 Å². The van der Waals surface area contributed by atoms with Crippen molar-refractivity contribution in [3.63, 3.8) is 0 Å². The fourth-order valence-corrected chi connectivity index (χ4v) is 2.23. The molecule has 2 rings (SSSR count). The van der Waals surface area contributed by atoms with Gasteiger partial charge in [-0.2, -0.15) is 0 Å². The first-order valence-corrected chi connectivity index (χ1v) is 6.28. The molecule has 2 aromatic rings. The lowest BCUT2D eigenvalue weighted by molar-refractivity contribution is 0.166. The molecule has 0 radical (unpaired) electrons. The molecule has 0 fully saturated rings. The molecule has 1 unspecified atom stereocenters. The fraction of sp³-hybridized carbons (Fsp3) is 0.462. The van der Waals surface area contributed by atoms with Crippen LogP contribution in [0.1, 0.15) is 50.6 Å². The first-order chi connectivity index (χ1) is 8.06. The Hall–Kier alpha value is -1.06. The molecule has 17 heavy (non-hydrogen) atoms. The van der Waals surface area contributed by atoms with Crippen LogP contribution in [0.25, 0.3) is 5.65 Å². The molecule has 0 aliphatic rings. The lowest BCUT2D eigenvalue weighted by Crippen LogP contribution is -2.04. The van der Waals surface area contributed by atoms with E-state index in [0.29, 0.717) is 11.4 Å². The summed E-state index contributed by atoms with van der Waals surface area (Å²) in [7, 11) is 0. The van der Waals surface area contributed by atoms with Gasteiger partial charge in [-0.25, -0.2) is 4.98 Å². The SMILES string of the molecule is CCC(O)c1c(C(C)C)nc2c(Cl)cccn12. The number of aromatic nitrogens is 2. The van der Waals surface area contributed by atoms with Crippen molar-refractivity contribution < 1.29 is 5.11 Å². The van der Waals surface area contributed by atoms with Gasteiger partial charge < -0.3 is 5.11 Å². The number of nitrogens with zero attached hydrogens (tertiary/aromatic N) is 2. The van der Waals surface area contributed by atoms with E-state index in [0.717, 1.165) is 17.0 Å². The van der Waals surface area contributed by atoms with Crippen LogP contribution in [0.5, 0.6) is 0 Å². The van der Waals surface area contributed by atoms with Crippen LogP contribution in [-0.4, -0.2) is 14.5 Å². The van der Waals surface area contributed by atoms with Crippen molar-refractivity contribution in [2.75, 3.05) is 0 Å². The van der Waals surface area contributed by atoms with Gasteiger partial charge in [-0.05, 0) is 24.5 Å². The lowest BCUT2D eigenvalue weighted by Gasteiger charge is -2.12. The van der Waals surface area contributed by atoms with Crippen molar-refractivity contribution in [2.24, 2.45) is 0 Å². The Morgan fingerprint density at radius 1 is 1.47 bits per heavy atom. The zero-order valence-electron chi connectivity index (χ0n) is 10.3. The van der Waals surface area contributed by atoms with Crippen LogP contribution in [-0.2, 0) is 0 Å². The Labute approximate surface area is 106 Å². The van der Waals surface area contributed by atoms with Gasteiger partial charge >= 0.3 is 0 Å². The fourth-order valence-electron chi connectivity index (χ4n) is 2.02. The average molecular weight is 253 g/mol. The summed E-state index contributed by atoms with van der Waals surface area (Å²) >= 11 is 6.13. The summed E-state index contributed by atoms with van der Waals surface area (Å²) in [6.07, 6.45) is 2.06. The first-order valence-electron chi connectivity index (χ1n) is 5.90. The van der Waals surface area contributed by atoms with Crippen LogP contribution < -0.4 is 0 Å². The number of hydrogen-bond donors (Lipinski definition) is 1. The summed E-state index contributed by atoms with van der Waals surface area (Å²) in [6, 6.07) is 3.68. The predicted octanol–water partition coefficient (Wildman–Crippen LogP) is 3.55. The minimum Gasteiger partial charge on any atom is -0.387 e. The Kier molecular flexibility index (Phi) is 3.40. The Balaban J connectivity index is 2.76. The van der Waals surface area contributed by atoms with Gasteiger partial charge in [-0.15, -0.1) is 0 Å². The molecule has 4 heteroatoms. The van der Waals surface area contributed by atoms with Crippen LogP contribution in [0.4, 0.5) is 0 Å². The molecule has 92 valence electrons. The molecule has 1 N–H and O–H groups in total.